The quantitative estimate of drug-likeness (QED) is 0.781. The second-order valence-electron chi connectivity index (χ2n) is 4.11. The highest BCUT2D eigenvalue weighted by molar-refractivity contribution is 9.10. The standard InChI is InChI=1S/C15H12BrFO2/c1-10(18)11-3-2-4-14(7-11)19-9-12-5-6-13(16)8-15(12)17/h2-8H,9H2,1H3. The van der Waals surface area contributed by atoms with Crippen molar-refractivity contribution >= 4 is 21.7 Å². The summed E-state index contributed by atoms with van der Waals surface area (Å²) < 4.78 is 19.8. The molecule has 0 aliphatic rings. The Bertz CT molecular complexity index is 611. The molecule has 98 valence electrons. The maximum Gasteiger partial charge on any atom is 0.159 e. The van der Waals surface area contributed by atoms with Crippen LogP contribution in [0.4, 0.5) is 4.39 Å². The van der Waals surface area contributed by atoms with Gasteiger partial charge in [0.1, 0.15) is 18.2 Å². The Morgan fingerprint density at radius 2 is 2.05 bits per heavy atom. The summed E-state index contributed by atoms with van der Waals surface area (Å²) in [6.07, 6.45) is 0. The minimum absolute atomic E-state index is 0.0275. The van der Waals surface area contributed by atoms with Crippen LogP contribution in [0.25, 0.3) is 0 Å². The smallest absolute Gasteiger partial charge is 0.159 e. The number of halogens is 2. The van der Waals surface area contributed by atoms with Crippen molar-refractivity contribution in [2.75, 3.05) is 0 Å². The Morgan fingerprint density at radius 1 is 1.26 bits per heavy atom. The lowest BCUT2D eigenvalue weighted by atomic mass is 10.1. The summed E-state index contributed by atoms with van der Waals surface area (Å²) in [6.45, 7) is 1.62. The Morgan fingerprint density at radius 3 is 2.74 bits per heavy atom. The van der Waals surface area contributed by atoms with Crippen LogP contribution in [-0.4, -0.2) is 5.78 Å². The van der Waals surface area contributed by atoms with Crippen LogP contribution < -0.4 is 4.74 Å². The van der Waals surface area contributed by atoms with E-state index >= 15 is 0 Å². The summed E-state index contributed by atoms with van der Waals surface area (Å²) in [7, 11) is 0. The molecule has 0 saturated heterocycles. The fourth-order valence-corrected chi connectivity index (χ4v) is 1.94. The number of benzene rings is 2. The Labute approximate surface area is 119 Å². The zero-order valence-corrected chi connectivity index (χ0v) is 11.9. The third-order valence-corrected chi connectivity index (χ3v) is 3.14. The van der Waals surface area contributed by atoms with Crippen LogP contribution >= 0.6 is 15.9 Å². The van der Waals surface area contributed by atoms with Gasteiger partial charge in [0.05, 0.1) is 0 Å². The molecule has 0 saturated carbocycles. The van der Waals surface area contributed by atoms with Crippen molar-refractivity contribution in [3.8, 4) is 5.75 Å². The number of ether oxygens (including phenoxy) is 1. The Balaban J connectivity index is 2.10. The molecule has 2 aromatic rings. The highest BCUT2D eigenvalue weighted by atomic mass is 79.9. The molecular formula is C15H12BrFO2. The van der Waals surface area contributed by atoms with Crippen LogP contribution in [0.3, 0.4) is 0 Å². The van der Waals surface area contributed by atoms with Crippen molar-refractivity contribution in [2.45, 2.75) is 13.5 Å². The first kappa shape index (κ1) is 13.7. The molecule has 0 aliphatic heterocycles. The maximum atomic E-state index is 13.6. The van der Waals surface area contributed by atoms with E-state index in [1.807, 2.05) is 0 Å². The third-order valence-electron chi connectivity index (χ3n) is 2.65. The van der Waals surface area contributed by atoms with E-state index in [1.54, 1.807) is 36.4 Å². The average Bonchev–Trinajstić information content (AvgIpc) is 2.38. The lowest BCUT2D eigenvalue weighted by Crippen LogP contribution is -1.99. The van der Waals surface area contributed by atoms with Gasteiger partial charge in [-0.05, 0) is 31.2 Å². The van der Waals surface area contributed by atoms with Crippen molar-refractivity contribution in [1.29, 1.82) is 0 Å². The summed E-state index contributed by atoms with van der Waals surface area (Å²) in [4.78, 5) is 11.2. The molecule has 0 heterocycles. The van der Waals surface area contributed by atoms with E-state index in [0.29, 0.717) is 21.3 Å². The van der Waals surface area contributed by atoms with Gasteiger partial charge in [-0.1, -0.05) is 34.1 Å². The summed E-state index contributed by atoms with van der Waals surface area (Å²) in [6, 6.07) is 11.7. The molecule has 19 heavy (non-hydrogen) atoms. The minimum Gasteiger partial charge on any atom is -0.489 e. The molecule has 0 aliphatic carbocycles. The van der Waals surface area contributed by atoms with E-state index in [0.717, 1.165) is 0 Å². The van der Waals surface area contributed by atoms with Crippen LogP contribution in [-0.2, 0) is 6.61 Å². The molecule has 2 rings (SSSR count). The van der Waals surface area contributed by atoms with Crippen LogP contribution in [0.5, 0.6) is 5.75 Å². The SMILES string of the molecule is CC(=O)c1cccc(OCc2ccc(Br)cc2F)c1. The summed E-state index contributed by atoms with van der Waals surface area (Å²) in [5.41, 5.74) is 1.05. The molecule has 0 fully saturated rings. The van der Waals surface area contributed by atoms with Gasteiger partial charge in [0, 0.05) is 15.6 Å². The van der Waals surface area contributed by atoms with Gasteiger partial charge >= 0.3 is 0 Å². The third kappa shape index (κ3) is 3.64. The predicted octanol–water partition coefficient (Wildman–Crippen LogP) is 4.37. The molecule has 0 unspecified atom stereocenters. The number of hydrogen-bond acceptors (Lipinski definition) is 2. The number of carbonyl (C=O) groups excluding carboxylic acids is 1. The average molecular weight is 323 g/mol. The number of ketones is 1. The van der Waals surface area contributed by atoms with Crippen LogP contribution in [0.1, 0.15) is 22.8 Å². The van der Waals surface area contributed by atoms with E-state index in [-0.39, 0.29) is 18.2 Å². The van der Waals surface area contributed by atoms with E-state index in [4.69, 9.17) is 4.74 Å². The van der Waals surface area contributed by atoms with Gasteiger partial charge in [-0.3, -0.25) is 4.79 Å². The largest absolute Gasteiger partial charge is 0.489 e. The zero-order chi connectivity index (χ0) is 13.8. The molecule has 0 N–H and O–H groups in total. The molecule has 0 atom stereocenters. The molecule has 0 amide bonds. The fourth-order valence-electron chi connectivity index (χ4n) is 1.60. The highest BCUT2D eigenvalue weighted by Gasteiger charge is 2.05. The second-order valence-corrected chi connectivity index (χ2v) is 5.02. The van der Waals surface area contributed by atoms with Crippen LogP contribution in [0.15, 0.2) is 46.9 Å². The van der Waals surface area contributed by atoms with E-state index < -0.39 is 0 Å². The lowest BCUT2D eigenvalue weighted by Gasteiger charge is -2.08. The Kier molecular flexibility index (Phi) is 4.32. The molecule has 4 heteroatoms. The fraction of sp³-hybridized carbons (Fsp3) is 0.133. The first-order valence-corrected chi connectivity index (χ1v) is 6.53. The van der Waals surface area contributed by atoms with Gasteiger partial charge in [-0.2, -0.15) is 0 Å². The van der Waals surface area contributed by atoms with Crippen molar-refractivity contribution in [3.63, 3.8) is 0 Å². The normalized spacial score (nSPS) is 10.3. The first-order chi connectivity index (χ1) is 9.06. The van der Waals surface area contributed by atoms with Gasteiger partial charge in [0.25, 0.3) is 0 Å². The van der Waals surface area contributed by atoms with Crippen molar-refractivity contribution in [3.05, 3.63) is 63.9 Å². The molecule has 0 bridgehead atoms. The minimum atomic E-state index is -0.322. The van der Waals surface area contributed by atoms with Gasteiger partial charge < -0.3 is 4.74 Å². The summed E-state index contributed by atoms with van der Waals surface area (Å²) in [5.74, 6) is 0.201. The summed E-state index contributed by atoms with van der Waals surface area (Å²) in [5, 5.41) is 0. The lowest BCUT2D eigenvalue weighted by molar-refractivity contribution is 0.101. The summed E-state index contributed by atoms with van der Waals surface area (Å²) >= 11 is 3.20. The van der Waals surface area contributed by atoms with Crippen molar-refractivity contribution in [2.24, 2.45) is 0 Å². The highest BCUT2D eigenvalue weighted by Crippen LogP contribution is 2.19. The van der Waals surface area contributed by atoms with Crippen LogP contribution in [0.2, 0.25) is 0 Å². The molecule has 0 aromatic heterocycles. The Hall–Kier alpha value is -1.68. The predicted molar refractivity (Wildman–Crippen MR) is 74.9 cm³/mol. The number of rotatable bonds is 4. The molecule has 2 aromatic carbocycles. The van der Waals surface area contributed by atoms with Crippen LogP contribution in [0, 0.1) is 5.82 Å². The molecular weight excluding hydrogens is 311 g/mol. The second kappa shape index (κ2) is 5.97. The maximum absolute atomic E-state index is 13.6. The van der Waals surface area contributed by atoms with Crippen molar-refractivity contribution in [1.82, 2.24) is 0 Å². The number of hydrogen-bond donors (Lipinski definition) is 0. The van der Waals surface area contributed by atoms with Gasteiger partial charge in [0.15, 0.2) is 5.78 Å². The van der Waals surface area contributed by atoms with Gasteiger partial charge in [-0.15, -0.1) is 0 Å². The molecule has 0 radical (unpaired) electrons. The van der Waals surface area contributed by atoms with E-state index in [9.17, 15) is 9.18 Å². The molecule has 2 nitrogen and oxygen atoms in total. The number of carbonyl (C=O) groups is 1. The van der Waals surface area contributed by atoms with Crippen molar-refractivity contribution < 1.29 is 13.9 Å². The monoisotopic (exact) mass is 322 g/mol. The van der Waals surface area contributed by atoms with Gasteiger partial charge in [0.2, 0.25) is 0 Å². The topological polar surface area (TPSA) is 26.3 Å². The van der Waals surface area contributed by atoms with E-state index in [1.165, 1.54) is 13.0 Å². The molecule has 0 spiro atoms. The zero-order valence-electron chi connectivity index (χ0n) is 10.3. The first-order valence-electron chi connectivity index (χ1n) is 5.74. The van der Waals surface area contributed by atoms with Gasteiger partial charge in [-0.25, -0.2) is 4.39 Å². The number of Topliss-reactive ketones (excluding diaryl/α,β-unsaturated/α-hetero) is 1. The van der Waals surface area contributed by atoms with E-state index in [2.05, 4.69) is 15.9 Å².